The van der Waals surface area contributed by atoms with Gasteiger partial charge in [0.05, 0.1) is 16.4 Å². The van der Waals surface area contributed by atoms with Crippen molar-refractivity contribution in [2.24, 2.45) is 0 Å². The van der Waals surface area contributed by atoms with Crippen LogP contribution in [-0.2, 0) is 0 Å². The van der Waals surface area contributed by atoms with E-state index < -0.39 is 5.97 Å². The second-order valence-corrected chi connectivity index (χ2v) is 4.78. The van der Waals surface area contributed by atoms with E-state index in [1.165, 1.54) is 23.5 Å². The quantitative estimate of drug-likeness (QED) is 0.742. The first kappa shape index (κ1) is 11.5. The summed E-state index contributed by atoms with van der Waals surface area (Å²) in [6, 6.07) is 2.75. The summed E-state index contributed by atoms with van der Waals surface area (Å²) >= 11 is 1.32. The van der Waals surface area contributed by atoms with E-state index in [0.717, 1.165) is 0 Å². The molecule has 19 heavy (non-hydrogen) atoms. The number of carboxylic acid groups (broad SMARTS) is 1. The van der Waals surface area contributed by atoms with Crippen molar-refractivity contribution in [1.29, 1.82) is 0 Å². The van der Waals surface area contributed by atoms with Gasteiger partial charge in [-0.05, 0) is 6.07 Å². The van der Waals surface area contributed by atoms with E-state index in [-0.39, 0.29) is 11.3 Å². The molecule has 2 heterocycles. The number of rotatable bonds is 2. The van der Waals surface area contributed by atoms with Gasteiger partial charge < -0.3 is 10.2 Å². The van der Waals surface area contributed by atoms with Crippen molar-refractivity contribution in [3.8, 4) is 16.5 Å². The number of fused-ring (bicyclic) bond motifs is 1. The molecule has 0 bridgehead atoms. The van der Waals surface area contributed by atoms with E-state index >= 15 is 0 Å². The van der Waals surface area contributed by atoms with Crippen molar-refractivity contribution < 1.29 is 15.0 Å². The third-order valence-corrected chi connectivity index (χ3v) is 3.56. The Hall–Kier alpha value is -2.54. The molecule has 0 unspecified atom stereocenters. The van der Waals surface area contributed by atoms with E-state index in [9.17, 15) is 9.90 Å². The van der Waals surface area contributed by atoms with E-state index in [2.05, 4.69) is 15.0 Å². The van der Waals surface area contributed by atoms with E-state index in [1.54, 1.807) is 18.6 Å². The van der Waals surface area contributed by atoms with Crippen LogP contribution in [0.1, 0.15) is 10.4 Å². The maximum atomic E-state index is 10.9. The molecule has 2 N–H and O–H groups in total. The highest BCUT2D eigenvalue weighted by Gasteiger charge is 2.14. The van der Waals surface area contributed by atoms with Crippen LogP contribution in [0.3, 0.4) is 0 Å². The van der Waals surface area contributed by atoms with Crippen molar-refractivity contribution in [2.45, 2.75) is 0 Å². The smallest absolute Gasteiger partial charge is 0.339 e. The van der Waals surface area contributed by atoms with Crippen LogP contribution in [0.4, 0.5) is 0 Å². The first-order chi connectivity index (χ1) is 9.15. The highest BCUT2D eigenvalue weighted by Crippen LogP contribution is 2.32. The maximum absolute atomic E-state index is 10.9. The van der Waals surface area contributed by atoms with Gasteiger partial charge in [-0.3, -0.25) is 9.97 Å². The summed E-state index contributed by atoms with van der Waals surface area (Å²) in [6.45, 7) is 0. The highest BCUT2D eigenvalue weighted by molar-refractivity contribution is 7.21. The Balaban J connectivity index is 2.19. The molecule has 0 aliphatic rings. The molecule has 0 aliphatic heterocycles. The number of aromatic carboxylic acids is 1. The number of hydrogen-bond acceptors (Lipinski definition) is 6. The molecule has 0 saturated heterocycles. The molecule has 7 heteroatoms. The zero-order chi connectivity index (χ0) is 13.4. The molecular formula is C12H7N3O3S. The highest BCUT2D eigenvalue weighted by atomic mass is 32.1. The number of thiazole rings is 1. The number of phenols is 1. The fourth-order valence-corrected chi connectivity index (χ4v) is 2.60. The summed E-state index contributed by atoms with van der Waals surface area (Å²) in [5.74, 6) is -1.46. The lowest BCUT2D eigenvalue weighted by atomic mass is 10.2. The van der Waals surface area contributed by atoms with Crippen LogP contribution in [0.2, 0.25) is 0 Å². The molecule has 0 aliphatic carbocycles. The summed E-state index contributed by atoms with van der Waals surface area (Å²) in [5, 5.41) is 19.2. The van der Waals surface area contributed by atoms with E-state index in [0.29, 0.717) is 20.9 Å². The molecule has 1 aromatic carbocycles. The standard InChI is InChI=1S/C12H7N3O3S/c16-9-4-10-7(3-6(9)12(17)18)15-11(19-10)8-5-13-1-2-14-8/h1-5,16H,(H,17,18). The Morgan fingerprint density at radius 1 is 1.26 bits per heavy atom. The molecule has 0 amide bonds. The number of carbonyl (C=O) groups is 1. The van der Waals surface area contributed by atoms with Crippen molar-refractivity contribution >= 4 is 27.5 Å². The van der Waals surface area contributed by atoms with Crippen LogP contribution in [0.15, 0.2) is 30.7 Å². The minimum Gasteiger partial charge on any atom is -0.507 e. The Morgan fingerprint density at radius 2 is 2.11 bits per heavy atom. The van der Waals surface area contributed by atoms with Gasteiger partial charge >= 0.3 is 5.97 Å². The summed E-state index contributed by atoms with van der Waals surface area (Å²) < 4.78 is 0.697. The first-order valence-electron chi connectivity index (χ1n) is 5.28. The summed E-state index contributed by atoms with van der Waals surface area (Å²) in [6.07, 6.45) is 4.70. The second kappa shape index (κ2) is 4.29. The Kier molecular flexibility index (Phi) is 2.60. The lowest BCUT2D eigenvalue weighted by Crippen LogP contribution is -1.96. The summed E-state index contributed by atoms with van der Waals surface area (Å²) in [4.78, 5) is 23.3. The zero-order valence-electron chi connectivity index (χ0n) is 9.44. The third-order valence-electron chi connectivity index (χ3n) is 2.52. The van der Waals surface area contributed by atoms with Crippen molar-refractivity contribution in [3.05, 3.63) is 36.3 Å². The Bertz CT molecular complexity index is 770. The number of aromatic hydroxyl groups is 1. The minimum absolute atomic E-state index is 0.163. The monoisotopic (exact) mass is 273 g/mol. The molecule has 2 aromatic heterocycles. The van der Waals surface area contributed by atoms with Gasteiger partial charge in [0.1, 0.15) is 22.0 Å². The largest absolute Gasteiger partial charge is 0.507 e. The lowest BCUT2D eigenvalue weighted by Gasteiger charge is -1.97. The number of benzene rings is 1. The normalized spacial score (nSPS) is 10.7. The van der Waals surface area contributed by atoms with Crippen LogP contribution in [0, 0.1) is 0 Å². The molecule has 0 saturated carbocycles. The second-order valence-electron chi connectivity index (χ2n) is 3.75. The average Bonchev–Trinajstić information content (AvgIpc) is 2.81. The molecule has 3 rings (SSSR count). The number of aromatic nitrogens is 3. The third kappa shape index (κ3) is 2.00. The van der Waals surface area contributed by atoms with Gasteiger partial charge in [0, 0.05) is 18.5 Å². The topological polar surface area (TPSA) is 96.2 Å². The summed E-state index contributed by atoms with van der Waals surface area (Å²) in [7, 11) is 0. The molecule has 0 spiro atoms. The average molecular weight is 273 g/mol. The van der Waals surface area contributed by atoms with Crippen LogP contribution in [-0.4, -0.2) is 31.1 Å². The first-order valence-corrected chi connectivity index (χ1v) is 6.10. The van der Waals surface area contributed by atoms with Crippen LogP contribution < -0.4 is 0 Å². The summed E-state index contributed by atoms with van der Waals surface area (Å²) in [5.41, 5.74) is 0.962. The van der Waals surface area contributed by atoms with Gasteiger partial charge in [0.25, 0.3) is 0 Å². The number of carboxylic acids is 1. The molecule has 0 radical (unpaired) electrons. The van der Waals surface area contributed by atoms with Gasteiger partial charge in [0.2, 0.25) is 0 Å². The van der Waals surface area contributed by atoms with Gasteiger partial charge in [-0.1, -0.05) is 0 Å². The maximum Gasteiger partial charge on any atom is 0.339 e. The fourth-order valence-electron chi connectivity index (χ4n) is 1.65. The Labute approximate surface area is 111 Å². The van der Waals surface area contributed by atoms with Crippen molar-refractivity contribution in [2.75, 3.05) is 0 Å². The predicted octanol–water partition coefficient (Wildman–Crippen LogP) is 2.16. The van der Waals surface area contributed by atoms with Gasteiger partial charge in [-0.2, -0.15) is 0 Å². The van der Waals surface area contributed by atoms with Crippen molar-refractivity contribution in [1.82, 2.24) is 15.0 Å². The van der Waals surface area contributed by atoms with Gasteiger partial charge in [0.15, 0.2) is 0 Å². The molecule has 0 fully saturated rings. The van der Waals surface area contributed by atoms with Gasteiger partial charge in [-0.25, -0.2) is 9.78 Å². The Morgan fingerprint density at radius 3 is 2.79 bits per heavy atom. The molecule has 6 nitrogen and oxygen atoms in total. The number of nitrogens with zero attached hydrogens (tertiary/aromatic N) is 3. The fraction of sp³-hybridized carbons (Fsp3) is 0. The SMILES string of the molecule is O=C(O)c1cc2nc(-c3cnccn3)sc2cc1O. The van der Waals surface area contributed by atoms with Crippen LogP contribution in [0.5, 0.6) is 5.75 Å². The zero-order valence-corrected chi connectivity index (χ0v) is 10.3. The molecule has 94 valence electrons. The molecule has 3 aromatic rings. The lowest BCUT2D eigenvalue weighted by molar-refractivity contribution is 0.0694. The van der Waals surface area contributed by atoms with E-state index in [4.69, 9.17) is 5.11 Å². The van der Waals surface area contributed by atoms with Crippen LogP contribution >= 0.6 is 11.3 Å². The van der Waals surface area contributed by atoms with E-state index in [1.807, 2.05) is 0 Å². The predicted molar refractivity (Wildman–Crippen MR) is 69.3 cm³/mol. The molecular weight excluding hydrogens is 266 g/mol. The van der Waals surface area contributed by atoms with Crippen molar-refractivity contribution in [3.63, 3.8) is 0 Å². The number of hydrogen-bond donors (Lipinski definition) is 2. The van der Waals surface area contributed by atoms with Gasteiger partial charge in [-0.15, -0.1) is 11.3 Å². The minimum atomic E-state index is -1.19. The van der Waals surface area contributed by atoms with Crippen LogP contribution in [0.25, 0.3) is 20.9 Å². The molecule has 0 atom stereocenters.